The lowest BCUT2D eigenvalue weighted by atomic mass is 10.2. The van der Waals surface area contributed by atoms with E-state index < -0.39 is 15.9 Å². The number of rotatable bonds is 4. The monoisotopic (exact) mass is 405 g/mol. The van der Waals surface area contributed by atoms with Crippen molar-refractivity contribution >= 4 is 37.6 Å². The van der Waals surface area contributed by atoms with Crippen LogP contribution in [0.15, 0.2) is 16.7 Å². The Morgan fingerprint density at radius 1 is 1.35 bits per heavy atom. The van der Waals surface area contributed by atoms with Gasteiger partial charge in [-0.2, -0.15) is 0 Å². The maximum Gasteiger partial charge on any atom is 0.268 e. The molecule has 1 aliphatic heterocycles. The Kier molecular flexibility index (Phi) is 5.51. The first-order valence-electron chi connectivity index (χ1n) is 7.39. The van der Waals surface area contributed by atoms with Gasteiger partial charge in [0.25, 0.3) is 5.91 Å². The van der Waals surface area contributed by atoms with Crippen molar-refractivity contribution in [2.45, 2.75) is 26.4 Å². The number of sulfone groups is 1. The van der Waals surface area contributed by atoms with Crippen molar-refractivity contribution in [1.82, 2.24) is 14.8 Å². The molecule has 128 valence electrons. The Hall–Kier alpha value is -1.35. The number of hydrogen-bond donors (Lipinski definition) is 1. The summed E-state index contributed by atoms with van der Waals surface area (Å²) in [6, 6.07) is 0.992. The van der Waals surface area contributed by atoms with Crippen molar-refractivity contribution in [2.24, 2.45) is 0 Å². The lowest BCUT2D eigenvalue weighted by molar-refractivity contribution is -0.132. The van der Waals surface area contributed by atoms with Crippen molar-refractivity contribution in [3.05, 3.63) is 22.4 Å². The molecule has 1 saturated heterocycles. The highest BCUT2D eigenvalue weighted by Crippen LogP contribution is 2.15. The first-order valence-corrected chi connectivity index (χ1v) is 10.0. The molecule has 2 amide bonds. The fourth-order valence-corrected chi connectivity index (χ4v) is 4.13. The standard InChI is InChI=1S/C14H20BrN3O4S/c1-3-17-9-11(15)8-12(17)13(19)16-10(2)14(20)18-4-6-23(21,22)7-5-18/h8-10H,3-7H2,1-2H3,(H,16,19). The Bertz CT molecular complexity index is 700. The Morgan fingerprint density at radius 3 is 2.52 bits per heavy atom. The molecule has 1 aromatic heterocycles. The number of carbonyl (C=O) groups is 2. The van der Waals surface area contributed by atoms with Crippen LogP contribution in [0.25, 0.3) is 0 Å². The van der Waals surface area contributed by atoms with E-state index in [0.717, 1.165) is 4.47 Å². The summed E-state index contributed by atoms with van der Waals surface area (Å²) in [7, 11) is -3.04. The Balaban J connectivity index is 1.99. The second-order valence-electron chi connectivity index (χ2n) is 5.50. The lowest BCUT2D eigenvalue weighted by Crippen LogP contribution is -2.51. The van der Waals surface area contributed by atoms with Gasteiger partial charge in [-0.15, -0.1) is 0 Å². The van der Waals surface area contributed by atoms with Gasteiger partial charge in [0, 0.05) is 30.3 Å². The van der Waals surface area contributed by atoms with E-state index in [1.165, 1.54) is 4.90 Å². The van der Waals surface area contributed by atoms with Crippen molar-refractivity contribution < 1.29 is 18.0 Å². The topological polar surface area (TPSA) is 88.5 Å². The van der Waals surface area contributed by atoms with Gasteiger partial charge >= 0.3 is 0 Å². The molecule has 1 aromatic rings. The van der Waals surface area contributed by atoms with Crippen LogP contribution >= 0.6 is 15.9 Å². The van der Waals surface area contributed by atoms with Gasteiger partial charge < -0.3 is 14.8 Å². The molecule has 1 atom stereocenters. The van der Waals surface area contributed by atoms with Gasteiger partial charge in [0.15, 0.2) is 9.84 Å². The van der Waals surface area contributed by atoms with Crippen LogP contribution in [-0.4, -0.2) is 60.3 Å². The molecule has 0 radical (unpaired) electrons. The number of carbonyl (C=O) groups excluding carboxylic acids is 2. The molecule has 1 N–H and O–H groups in total. The molecule has 9 heteroatoms. The molecule has 2 heterocycles. The van der Waals surface area contributed by atoms with Crippen LogP contribution in [0.4, 0.5) is 0 Å². The number of nitrogens with zero attached hydrogens (tertiary/aromatic N) is 2. The van der Waals surface area contributed by atoms with Gasteiger partial charge in [-0.3, -0.25) is 9.59 Å². The summed E-state index contributed by atoms with van der Waals surface area (Å²) < 4.78 is 25.4. The number of hydrogen-bond acceptors (Lipinski definition) is 4. The third-order valence-corrected chi connectivity index (χ3v) is 5.85. The van der Waals surface area contributed by atoms with E-state index in [-0.39, 0.29) is 36.4 Å². The van der Waals surface area contributed by atoms with E-state index >= 15 is 0 Å². The second-order valence-corrected chi connectivity index (χ2v) is 8.72. The average molecular weight is 406 g/mol. The lowest BCUT2D eigenvalue weighted by Gasteiger charge is -2.29. The molecular formula is C14H20BrN3O4S. The predicted octanol–water partition coefficient (Wildman–Crippen LogP) is 0.646. The molecule has 1 aliphatic rings. The molecule has 23 heavy (non-hydrogen) atoms. The quantitative estimate of drug-likeness (QED) is 0.795. The zero-order valence-corrected chi connectivity index (χ0v) is 15.5. The predicted molar refractivity (Wildman–Crippen MR) is 90.0 cm³/mol. The minimum Gasteiger partial charge on any atom is -0.343 e. The van der Waals surface area contributed by atoms with Crippen molar-refractivity contribution in [1.29, 1.82) is 0 Å². The van der Waals surface area contributed by atoms with E-state index in [9.17, 15) is 18.0 Å². The minimum atomic E-state index is -3.04. The third-order valence-electron chi connectivity index (χ3n) is 3.81. The fourth-order valence-electron chi connectivity index (χ4n) is 2.47. The number of halogens is 1. The third kappa shape index (κ3) is 4.35. The average Bonchev–Trinajstić information content (AvgIpc) is 2.87. The van der Waals surface area contributed by atoms with Crippen LogP contribution < -0.4 is 5.32 Å². The summed E-state index contributed by atoms with van der Waals surface area (Å²) >= 11 is 3.33. The molecular weight excluding hydrogens is 386 g/mol. The molecule has 0 saturated carbocycles. The van der Waals surface area contributed by atoms with E-state index in [1.54, 1.807) is 23.8 Å². The highest BCUT2D eigenvalue weighted by molar-refractivity contribution is 9.10. The van der Waals surface area contributed by atoms with E-state index in [4.69, 9.17) is 0 Å². The van der Waals surface area contributed by atoms with Crippen LogP contribution in [0.5, 0.6) is 0 Å². The highest BCUT2D eigenvalue weighted by Gasteiger charge is 2.29. The van der Waals surface area contributed by atoms with Crippen LogP contribution in [0.2, 0.25) is 0 Å². The Morgan fingerprint density at radius 2 is 1.96 bits per heavy atom. The molecule has 0 aromatic carbocycles. The Labute approximate surface area is 144 Å². The van der Waals surface area contributed by atoms with Gasteiger partial charge in [-0.1, -0.05) is 0 Å². The number of nitrogens with one attached hydrogen (secondary N) is 1. The minimum absolute atomic E-state index is 0.0228. The normalized spacial score (nSPS) is 18.5. The van der Waals surface area contributed by atoms with Gasteiger partial charge in [0.2, 0.25) is 5.91 Å². The summed E-state index contributed by atoms with van der Waals surface area (Å²) in [6.45, 7) is 4.53. The van der Waals surface area contributed by atoms with E-state index in [0.29, 0.717) is 12.2 Å². The zero-order chi connectivity index (χ0) is 17.2. The molecule has 0 aliphatic carbocycles. The van der Waals surface area contributed by atoms with Crippen LogP contribution in [0.1, 0.15) is 24.3 Å². The van der Waals surface area contributed by atoms with Crippen molar-refractivity contribution in [3.63, 3.8) is 0 Å². The van der Waals surface area contributed by atoms with E-state index in [1.807, 2.05) is 6.92 Å². The van der Waals surface area contributed by atoms with Gasteiger partial charge in [0.05, 0.1) is 11.5 Å². The summed E-state index contributed by atoms with van der Waals surface area (Å²) in [5.41, 5.74) is 0.472. The molecule has 7 nitrogen and oxygen atoms in total. The first kappa shape index (κ1) is 18.0. The molecule has 0 bridgehead atoms. The summed E-state index contributed by atoms with van der Waals surface area (Å²) in [5.74, 6) is -0.638. The second kappa shape index (κ2) is 7.04. The van der Waals surface area contributed by atoms with Crippen molar-refractivity contribution in [2.75, 3.05) is 24.6 Å². The summed E-state index contributed by atoms with van der Waals surface area (Å²) in [6.07, 6.45) is 1.80. The summed E-state index contributed by atoms with van der Waals surface area (Å²) in [4.78, 5) is 26.1. The van der Waals surface area contributed by atoms with Gasteiger partial charge in [-0.25, -0.2) is 8.42 Å². The van der Waals surface area contributed by atoms with Crippen molar-refractivity contribution in [3.8, 4) is 0 Å². The van der Waals surface area contributed by atoms with Crippen LogP contribution in [0, 0.1) is 0 Å². The fraction of sp³-hybridized carbons (Fsp3) is 0.571. The van der Waals surface area contributed by atoms with Gasteiger partial charge in [0.1, 0.15) is 11.7 Å². The summed E-state index contributed by atoms with van der Waals surface area (Å²) in [5, 5.41) is 2.68. The zero-order valence-electron chi connectivity index (χ0n) is 13.1. The molecule has 1 unspecified atom stereocenters. The smallest absolute Gasteiger partial charge is 0.268 e. The molecule has 1 fully saturated rings. The maximum absolute atomic E-state index is 12.3. The number of aromatic nitrogens is 1. The maximum atomic E-state index is 12.3. The molecule has 2 rings (SSSR count). The van der Waals surface area contributed by atoms with E-state index in [2.05, 4.69) is 21.2 Å². The number of aryl methyl sites for hydroxylation is 1. The highest BCUT2D eigenvalue weighted by atomic mass is 79.9. The number of amides is 2. The van der Waals surface area contributed by atoms with Crippen LogP contribution in [0.3, 0.4) is 0 Å². The molecule has 0 spiro atoms. The largest absolute Gasteiger partial charge is 0.343 e. The SMILES string of the molecule is CCn1cc(Br)cc1C(=O)NC(C)C(=O)N1CCS(=O)(=O)CC1. The van der Waals surface area contributed by atoms with Gasteiger partial charge in [-0.05, 0) is 35.8 Å². The van der Waals surface area contributed by atoms with Crippen LogP contribution in [-0.2, 0) is 21.2 Å². The first-order chi connectivity index (χ1) is 10.7.